The van der Waals surface area contributed by atoms with E-state index in [0.29, 0.717) is 46.2 Å². The number of hydrogen-bond donors (Lipinski definition) is 5. The third kappa shape index (κ3) is 6.22. The van der Waals surface area contributed by atoms with Crippen LogP contribution in [0.25, 0.3) is 0 Å². The maximum absolute atomic E-state index is 12.9. The molecule has 0 aliphatic heterocycles. The number of nitrogens with zero attached hydrogens (tertiary/aromatic N) is 1. The number of carboxylic acids is 1. The maximum Gasteiger partial charge on any atom is 0.341 e. The maximum atomic E-state index is 12.9. The fraction of sp³-hybridized carbons (Fsp3) is 0.167. The first-order valence-corrected chi connectivity index (χ1v) is 10.4. The molecule has 0 saturated heterocycles. The quantitative estimate of drug-likeness (QED) is 0.214. The number of ether oxygens (including phenoxy) is 2. The number of para-hydroxylation sites is 1. The van der Waals surface area contributed by atoms with Crippen LogP contribution >= 0.6 is 0 Å². The molecule has 1 aromatic heterocycles. The van der Waals surface area contributed by atoms with Gasteiger partial charge in [-0.2, -0.15) is 0 Å². The second-order valence-electron chi connectivity index (χ2n) is 7.08. The van der Waals surface area contributed by atoms with E-state index < -0.39 is 12.6 Å². The van der Waals surface area contributed by atoms with Crippen molar-refractivity contribution < 1.29 is 24.2 Å². The van der Waals surface area contributed by atoms with E-state index in [2.05, 4.69) is 15.6 Å². The Labute approximate surface area is 196 Å². The molecule has 0 aliphatic rings. The predicted octanol–water partition coefficient (Wildman–Crippen LogP) is 3.09. The van der Waals surface area contributed by atoms with Crippen LogP contribution in [0.1, 0.15) is 28.4 Å². The van der Waals surface area contributed by atoms with Gasteiger partial charge in [-0.25, -0.2) is 4.79 Å². The van der Waals surface area contributed by atoms with Crippen LogP contribution in [0.3, 0.4) is 0 Å². The number of carboxylic acid groups (broad SMARTS) is 1. The summed E-state index contributed by atoms with van der Waals surface area (Å²) in [6, 6.07) is 13.4. The van der Waals surface area contributed by atoms with Crippen molar-refractivity contribution >= 4 is 29.1 Å². The van der Waals surface area contributed by atoms with Crippen molar-refractivity contribution in [2.75, 3.05) is 23.8 Å². The predicted molar refractivity (Wildman–Crippen MR) is 128 cm³/mol. The first-order valence-electron chi connectivity index (χ1n) is 10.4. The molecule has 0 spiro atoms. The minimum atomic E-state index is -1.10. The Morgan fingerprint density at radius 1 is 1.12 bits per heavy atom. The van der Waals surface area contributed by atoms with Crippen molar-refractivity contribution in [2.45, 2.75) is 13.5 Å². The van der Waals surface area contributed by atoms with Crippen LogP contribution in [0.2, 0.25) is 0 Å². The molecule has 0 saturated carbocycles. The largest absolute Gasteiger partial charge is 0.490 e. The SMILES string of the molecule is CCOc1cccc(CNc2cnccc2C(=O)Nc2ccc(C(=N)N)cc2)c1OCC(=O)O. The third-order valence-electron chi connectivity index (χ3n) is 4.69. The molecule has 0 atom stereocenters. The molecule has 3 rings (SSSR count). The fourth-order valence-corrected chi connectivity index (χ4v) is 3.12. The minimum absolute atomic E-state index is 0.0568. The van der Waals surface area contributed by atoms with Gasteiger partial charge in [0.05, 0.1) is 24.1 Å². The van der Waals surface area contributed by atoms with Crippen LogP contribution in [-0.2, 0) is 11.3 Å². The Hall–Kier alpha value is -4.60. The summed E-state index contributed by atoms with van der Waals surface area (Å²) in [5.74, 6) is -0.766. The Kier molecular flexibility index (Phi) is 8.01. The number of pyridine rings is 1. The standard InChI is InChI=1S/C24H25N5O5/c1-2-33-20-5-3-4-16(22(20)34-14-21(30)31)12-28-19-13-27-11-10-18(19)24(32)29-17-8-6-15(7-9-17)23(25)26/h3-11,13,28H,2,12,14H2,1H3,(H3,25,26)(H,29,32)(H,30,31). The molecule has 2 aromatic carbocycles. The number of nitrogen functional groups attached to an aromatic ring is 1. The second-order valence-corrected chi connectivity index (χ2v) is 7.08. The Bertz CT molecular complexity index is 1180. The molecule has 0 radical (unpaired) electrons. The summed E-state index contributed by atoms with van der Waals surface area (Å²) in [7, 11) is 0. The van der Waals surface area contributed by atoms with E-state index in [0.717, 1.165) is 0 Å². The number of anilines is 2. The van der Waals surface area contributed by atoms with Gasteiger partial charge < -0.3 is 30.9 Å². The zero-order chi connectivity index (χ0) is 24.5. The molecule has 176 valence electrons. The summed E-state index contributed by atoms with van der Waals surface area (Å²) < 4.78 is 11.0. The van der Waals surface area contributed by atoms with Gasteiger partial charge in [0.15, 0.2) is 18.1 Å². The number of carbonyl (C=O) groups is 2. The molecule has 0 unspecified atom stereocenters. The fourth-order valence-electron chi connectivity index (χ4n) is 3.12. The smallest absolute Gasteiger partial charge is 0.341 e. The van der Waals surface area contributed by atoms with Crippen molar-refractivity contribution in [3.63, 3.8) is 0 Å². The van der Waals surface area contributed by atoms with E-state index in [-0.39, 0.29) is 18.3 Å². The van der Waals surface area contributed by atoms with E-state index in [9.17, 15) is 9.59 Å². The number of nitrogens with one attached hydrogen (secondary N) is 3. The zero-order valence-corrected chi connectivity index (χ0v) is 18.5. The number of aromatic nitrogens is 1. The number of benzene rings is 2. The lowest BCUT2D eigenvalue weighted by atomic mass is 10.1. The van der Waals surface area contributed by atoms with Gasteiger partial charge in [0, 0.05) is 29.6 Å². The summed E-state index contributed by atoms with van der Waals surface area (Å²) in [6.45, 7) is 1.93. The summed E-state index contributed by atoms with van der Waals surface area (Å²) in [6.07, 6.45) is 3.04. The molecule has 3 aromatic rings. The molecule has 34 heavy (non-hydrogen) atoms. The zero-order valence-electron chi connectivity index (χ0n) is 18.5. The van der Waals surface area contributed by atoms with Gasteiger partial charge in [-0.3, -0.25) is 15.2 Å². The molecule has 0 aliphatic carbocycles. The highest BCUT2D eigenvalue weighted by Crippen LogP contribution is 2.32. The first-order chi connectivity index (χ1) is 16.4. The van der Waals surface area contributed by atoms with Crippen LogP contribution in [0, 0.1) is 5.41 Å². The lowest BCUT2D eigenvalue weighted by Crippen LogP contribution is -2.16. The average molecular weight is 463 g/mol. The number of carbonyl (C=O) groups excluding carboxylic acids is 1. The highest BCUT2D eigenvalue weighted by molar-refractivity contribution is 6.08. The summed E-state index contributed by atoms with van der Waals surface area (Å²) in [5.41, 5.74) is 8.06. The van der Waals surface area contributed by atoms with Gasteiger partial charge >= 0.3 is 5.97 Å². The highest BCUT2D eigenvalue weighted by atomic mass is 16.5. The number of amidine groups is 1. The lowest BCUT2D eigenvalue weighted by molar-refractivity contribution is -0.139. The van der Waals surface area contributed by atoms with Gasteiger partial charge in [-0.1, -0.05) is 12.1 Å². The second kappa shape index (κ2) is 11.3. The topological polar surface area (TPSA) is 160 Å². The molecule has 6 N–H and O–H groups in total. The van der Waals surface area contributed by atoms with Crippen LogP contribution in [0.15, 0.2) is 60.9 Å². The first kappa shape index (κ1) is 24.1. The van der Waals surface area contributed by atoms with Gasteiger partial charge in [-0.05, 0) is 43.3 Å². The molecule has 0 fully saturated rings. The molecular weight excluding hydrogens is 438 g/mol. The number of nitrogens with two attached hydrogens (primary N) is 1. The van der Waals surface area contributed by atoms with Crippen molar-refractivity contribution in [1.82, 2.24) is 4.98 Å². The Balaban J connectivity index is 1.77. The number of aliphatic carboxylic acids is 1. The molecule has 0 bridgehead atoms. The summed E-state index contributed by atoms with van der Waals surface area (Å²) in [5, 5.41) is 22.4. The van der Waals surface area contributed by atoms with Gasteiger partial charge in [0.2, 0.25) is 0 Å². The highest BCUT2D eigenvalue weighted by Gasteiger charge is 2.15. The molecular formula is C24H25N5O5. The van der Waals surface area contributed by atoms with Crippen molar-refractivity contribution in [1.29, 1.82) is 5.41 Å². The summed E-state index contributed by atoms with van der Waals surface area (Å²) >= 11 is 0. The number of rotatable bonds is 11. The van der Waals surface area contributed by atoms with Crippen molar-refractivity contribution in [3.8, 4) is 11.5 Å². The number of hydrogen-bond acceptors (Lipinski definition) is 7. The van der Waals surface area contributed by atoms with Crippen LogP contribution in [0.5, 0.6) is 11.5 Å². The monoisotopic (exact) mass is 463 g/mol. The Morgan fingerprint density at radius 2 is 1.88 bits per heavy atom. The van der Waals surface area contributed by atoms with Gasteiger partial charge in [0.25, 0.3) is 5.91 Å². The molecule has 10 heteroatoms. The third-order valence-corrected chi connectivity index (χ3v) is 4.69. The van der Waals surface area contributed by atoms with Crippen LogP contribution < -0.4 is 25.8 Å². The van der Waals surface area contributed by atoms with Gasteiger partial charge in [0.1, 0.15) is 5.84 Å². The van der Waals surface area contributed by atoms with Gasteiger partial charge in [-0.15, -0.1) is 0 Å². The minimum Gasteiger partial charge on any atom is -0.490 e. The normalized spacial score (nSPS) is 10.3. The van der Waals surface area contributed by atoms with Crippen molar-refractivity contribution in [2.24, 2.45) is 5.73 Å². The molecule has 1 amide bonds. The number of amides is 1. The average Bonchev–Trinajstić information content (AvgIpc) is 2.82. The van der Waals surface area contributed by atoms with Crippen molar-refractivity contribution in [3.05, 3.63) is 77.6 Å². The van der Waals surface area contributed by atoms with Crippen LogP contribution in [-0.4, -0.2) is 41.0 Å². The van der Waals surface area contributed by atoms with E-state index >= 15 is 0 Å². The Morgan fingerprint density at radius 3 is 2.56 bits per heavy atom. The van der Waals surface area contributed by atoms with E-state index in [1.54, 1.807) is 48.5 Å². The van der Waals surface area contributed by atoms with E-state index in [1.165, 1.54) is 12.4 Å². The summed E-state index contributed by atoms with van der Waals surface area (Å²) in [4.78, 5) is 28.0. The molecule has 1 heterocycles. The van der Waals surface area contributed by atoms with E-state index in [4.69, 9.17) is 25.7 Å². The van der Waals surface area contributed by atoms with Crippen LogP contribution in [0.4, 0.5) is 11.4 Å². The van der Waals surface area contributed by atoms with E-state index in [1.807, 2.05) is 6.92 Å². The molecule has 10 nitrogen and oxygen atoms in total. The lowest BCUT2D eigenvalue weighted by Gasteiger charge is -2.17.